The normalized spacial score (nSPS) is 13.3. The molecule has 0 aliphatic rings. The summed E-state index contributed by atoms with van der Waals surface area (Å²) in [6.07, 6.45) is 0. The molecule has 0 aliphatic carbocycles. The van der Waals surface area contributed by atoms with Gasteiger partial charge in [-0.25, -0.2) is 0 Å². The van der Waals surface area contributed by atoms with E-state index >= 15 is 0 Å². The van der Waals surface area contributed by atoms with Crippen molar-refractivity contribution >= 4 is 21.6 Å². The molecule has 20 heavy (non-hydrogen) atoms. The number of aliphatic hydroxyl groups is 1. The molecule has 1 atom stereocenters. The number of hydrogen-bond donors (Lipinski definition) is 2. The van der Waals surface area contributed by atoms with Crippen LogP contribution < -0.4 is 5.32 Å². The third kappa shape index (κ3) is 3.38. The third-order valence-electron chi connectivity index (χ3n) is 3.12. The molecule has 2 rings (SSSR count). The molecule has 0 amide bonds. The Morgan fingerprint density at radius 1 is 1.25 bits per heavy atom. The van der Waals surface area contributed by atoms with Crippen LogP contribution >= 0.6 is 15.9 Å². The Kier molecular flexibility index (Phi) is 4.43. The van der Waals surface area contributed by atoms with E-state index in [0.29, 0.717) is 12.1 Å². The SMILES string of the molecule is CC(O)(CNc1ccc(C#N)cc1Br)c1ccccc1. The number of nitriles is 1. The lowest BCUT2D eigenvalue weighted by molar-refractivity contribution is 0.0715. The van der Waals surface area contributed by atoms with Gasteiger partial charge in [0.2, 0.25) is 0 Å². The van der Waals surface area contributed by atoms with Gasteiger partial charge in [0, 0.05) is 16.7 Å². The highest BCUT2D eigenvalue weighted by atomic mass is 79.9. The number of nitrogens with zero attached hydrogens (tertiary/aromatic N) is 1. The fourth-order valence-corrected chi connectivity index (χ4v) is 2.41. The molecule has 0 saturated heterocycles. The Labute approximate surface area is 127 Å². The number of anilines is 1. The zero-order valence-corrected chi connectivity index (χ0v) is 12.7. The van der Waals surface area contributed by atoms with Crippen molar-refractivity contribution in [3.63, 3.8) is 0 Å². The van der Waals surface area contributed by atoms with Crippen molar-refractivity contribution < 1.29 is 5.11 Å². The van der Waals surface area contributed by atoms with Crippen LogP contribution in [0.2, 0.25) is 0 Å². The Balaban J connectivity index is 2.11. The first-order valence-electron chi connectivity index (χ1n) is 6.24. The first kappa shape index (κ1) is 14.6. The smallest absolute Gasteiger partial charge is 0.104 e. The molecule has 102 valence electrons. The fraction of sp³-hybridized carbons (Fsp3) is 0.188. The Morgan fingerprint density at radius 2 is 1.95 bits per heavy atom. The highest BCUT2D eigenvalue weighted by Gasteiger charge is 2.22. The number of hydrogen-bond acceptors (Lipinski definition) is 3. The summed E-state index contributed by atoms with van der Waals surface area (Å²) in [6.45, 7) is 2.15. The molecule has 2 aromatic rings. The lowest BCUT2D eigenvalue weighted by atomic mass is 9.96. The summed E-state index contributed by atoms with van der Waals surface area (Å²) >= 11 is 3.42. The van der Waals surface area contributed by atoms with Crippen LogP contribution in [0.3, 0.4) is 0 Å². The first-order chi connectivity index (χ1) is 9.53. The van der Waals surface area contributed by atoms with Crippen molar-refractivity contribution in [1.82, 2.24) is 0 Å². The molecule has 1 unspecified atom stereocenters. The quantitative estimate of drug-likeness (QED) is 0.899. The highest BCUT2D eigenvalue weighted by Crippen LogP contribution is 2.26. The van der Waals surface area contributed by atoms with E-state index in [4.69, 9.17) is 5.26 Å². The zero-order valence-electron chi connectivity index (χ0n) is 11.1. The van der Waals surface area contributed by atoms with Crippen molar-refractivity contribution in [2.24, 2.45) is 0 Å². The van der Waals surface area contributed by atoms with Gasteiger partial charge in [-0.3, -0.25) is 0 Å². The van der Waals surface area contributed by atoms with Crippen molar-refractivity contribution in [2.75, 3.05) is 11.9 Å². The van der Waals surface area contributed by atoms with E-state index in [9.17, 15) is 5.11 Å². The number of nitrogens with one attached hydrogen (secondary N) is 1. The average Bonchev–Trinajstić information content (AvgIpc) is 2.47. The van der Waals surface area contributed by atoms with Crippen molar-refractivity contribution in [1.29, 1.82) is 5.26 Å². The van der Waals surface area contributed by atoms with Crippen LogP contribution in [-0.2, 0) is 5.60 Å². The van der Waals surface area contributed by atoms with E-state index in [1.54, 1.807) is 19.1 Å². The lowest BCUT2D eigenvalue weighted by Gasteiger charge is -2.25. The molecule has 4 heteroatoms. The van der Waals surface area contributed by atoms with Gasteiger partial charge in [0.25, 0.3) is 0 Å². The summed E-state index contributed by atoms with van der Waals surface area (Å²) in [5.41, 5.74) is 1.34. The third-order valence-corrected chi connectivity index (χ3v) is 3.77. The second kappa shape index (κ2) is 6.08. The average molecular weight is 331 g/mol. The molecular weight excluding hydrogens is 316 g/mol. The zero-order chi connectivity index (χ0) is 14.6. The molecule has 0 heterocycles. The summed E-state index contributed by atoms with van der Waals surface area (Å²) < 4.78 is 0.806. The van der Waals surface area contributed by atoms with E-state index in [1.807, 2.05) is 36.4 Å². The van der Waals surface area contributed by atoms with Gasteiger partial charge < -0.3 is 10.4 Å². The topological polar surface area (TPSA) is 56.0 Å². The monoisotopic (exact) mass is 330 g/mol. The largest absolute Gasteiger partial charge is 0.384 e. The molecule has 0 aliphatic heterocycles. The maximum Gasteiger partial charge on any atom is 0.104 e. The van der Waals surface area contributed by atoms with Crippen molar-refractivity contribution in [2.45, 2.75) is 12.5 Å². The minimum atomic E-state index is -0.964. The van der Waals surface area contributed by atoms with Gasteiger partial charge in [-0.15, -0.1) is 0 Å². The molecule has 0 saturated carbocycles. The molecule has 3 nitrogen and oxygen atoms in total. The summed E-state index contributed by atoms with van der Waals surface area (Å²) in [6, 6.07) is 16.9. The van der Waals surface area contributed by atoms with E-state index in [1.165, 1.54) is 0 Å². The van der Waals surface area contributed by atoms with E-state index < -0.39 is 5.60 Å². The summed E-state index contributed by atoms with van der Waals surface area (Å²) in [5.74, 6) is 0. The minimum absolute atomic E-state index is 0.377. The molecule has 0 aromatic heterocycles. The highest BCUT2D eigenvalue weighted by molar-refractivity contribution is 9.10. The van der Waals surface area contributed by atoms with Crippen LogP contribution in [0.25, 0.3) is 0 Å². The second-order valence-corrected chi connectivity index (χ2v) is 5.65. The standard InChI is InChI=1S/C16H15BrN2O/c1-16(20,13-5-3-2-4-6-13)11-19-15-8-7-12(10-18)9-14(15)17/h2-9,19-20H,11H2,1H3. The lowest BCUT2D eigenvalue weighted by Crippen LogP contribution is -2.30. The van der Waals surface area contributed by atoms with Crippen molar-refractivity contribution in [3.05, 3.63) is 64.1 Å². The molecule has 2 aromatic carbocycles. The van der Waals surface area contributed by atoms with Crippen LogP contribution in [0, 0.1) is 11.3 Å². The molecule has 0 radical (unpaired) electrons. The maximum atomic E-state index is 10.5. The predicted octanol–water partition coefficient (Wildman–Crippen LogP) is 3.64. The number of rotatable bonds is 4. The number of benzene rings is 2. The van der Waals surface area contributed by atoms with Gasteiger partial charge in [-0.1, -0.05) is 30.3 Å². The van der Waals surface area contributed by atoms with E-state index in [-0.39, 0.29) is 0 Å². The van der Waals surface area contributed by atoms with Crippen LogP contribution in [0.1, 0.15) is 18.1 Å². The van der Waals surface area contributed by atoms with Crippen LogP contribution in [0.15, 0.2) is 53.0 Å². The summed E-state index contributed by atoms with van der Waals surface area (Å²) in [7, 11) is 0. The molecule has 0 spiro atoms. The van der Waals surface area contributed by atoms with Gasteiger partial charge in [0.1, 0.15) is 5.60 Å². The van der Waals surface area contributed by atoms with Gasteiger partial charge in [-0.05, 0) is 46.6 Å². The number of halogens is 1. The maximum absolute atomic E-state index is 10.5. The predicted molar refractivity (Wildman–Crippen MR) is 83.4 cm³/mol. The van der Waals surface area contributed by atoms with Gasteiger partial charge in [0.15, 0.2) is 0 Å². The molecule has 0 fully saturated rings. The first-order valence-corrected chi connectivity index (χ1v) is 7.04. The van der Waals surface area contributed by atoms with Gasteiger partial charge in [0.05, 0.1) is 11.6 Å². The van der Waals surface area contributed by atoms with E-state index in [0.717, 1.165) is 15.7 Å². The van der Waals surface area contributed by atoms with Crippen LogP contribution in [-0.4, -0.2) is 11.7 Å². The molecule has 0 bridgehead atoms. The van der Waals surface area contributed by atoms with Gasteiger partial charge in [-0.2, -0.15) is 5.26 Å². The second-order valence-electron chi connectivity index (χ2n) is 4.80. The van der Waals surface area contributed by atoms with Crippen molar-refractivity contribution in [3.8, 4) is 6.07 Å². The molecule has 2 N–H and O–H groups in total. The van der Waals surface area contributed by atoms with Crippen LogP contribution in [0.4, 0.5) is 5.69 Å². The van der Waals surface area contributed by atoms with Crippen LogP contribution in [0.5, 0.6) is 0 Å². The Hall–Kier alpha value is -1.83. The molecular formula is C16H15BrN2O. The fourth-order valence-electron chi connectivity index (χ4n) is 1.89. The van der Waals surface area contributed by atoms with E-state index in [2.05, 4.69) is 27.3 Å². The van der Waals surface area contributed by atoms with Gasteiger partial charge >= 0.3 is 0 Å². The summed E-state index contributed by atoms with van der Waals surface area (Å²) in [4.78, 5) is 0. The Morgan fingerprint density at radius 3 is 2.55 bits per heavy atom. The Bertz CT molecular complexity index is 633. The minimum Gasteiger partial charge on any atom is -0.384 e. The summed E-state index contributed by atoms with van der Waals surface area (Å²) in [5, 5.41) is 22.5.